The van der Waals surface area contributed by atoms with Crippen molar-refractivity contribution in [3.8, 4) is 5.75 Å². The van der Waals surface area contributed by atoms with E-state index in [1.54, 1.807) is 12.2 Å². The quantitative estimate of drug-likeness (QED) is 0.806. The van der Waals surface area contributed by atoms with Crippen molar-refractivity contribution in [1.82, 2.24) is 0 Å². The molecule has 3 nitrogen and oxygen atoms in total. The van der Waals surface area contributed by atoms with Gasteiger partial charge in [0, 0.05) is 12.7 Å². The molecule has 1 aromatic carbocycles. The minimum Gasteiger partial charge on any atom is -0.453 e. The van der Waals surface area contributed by atoms with E-state index in [1.165, 1.54) is 0 Å². The van der Waals surface area contributed by atoms with Crippen LogP contribution in [0.3, 0.4) is 0 Å². The van der Waals surface area contributed by atoms with Crippen LogP contribution < -0.4 is 15.4 Å². The van der Waals surface area contributed by atoms with Gasteiger partial charge in [0.15, 0.2) is 11.5 Å². The van der Waals surface area contributed by atoms with E-state index in [4.69, 9.17) is 10.5 Å². The third kappa shape index (κ3) is 2.40. The third-order valence-corrected chi connectivity index (χ3v) is 2.56. The lowest BCUT2D eigenvalue weighted by molar-refractivity contribution is 0.429. The number of anilines is 2. The molecule has 18 heavy (non-hydrogen) atoms. The standard InChI is InChI=1S/C13H14N2O.C2H6/c1-4-10-12(5-2)16-13-7-6-9(14)8-11(13)15(10)3;1-2/h4-8H,1-2,14H2,3H3;1-2H3. The van der Waals surface area contributed by atoms with Crippen LogP contribution in [0.2, 0.25) is 0 Å². The van der Waals surface area contributed by atoms with E-state index in [9.17, 15) is 0 Å². The first kappa shape index (κ1) is 13.9. The highest BCUT2D eigenvalue weighted by atomic mass is 16.5. The summed E-state index contributed by atoms with van der Waals surface area (Å²) in [7, 11) is 1.95. The van der Waals surface area contributed by atoms with E-state index in [-0.39, 0.29) is 0 Å². The average molecular weight is 244 g/mol. The van der Waals surface area contributed by atoms with E-state index in [2.05, 4.69) is 13.2 Å². The maximum atomic E-state index is 5.75. The molecule has 0 saturated carbocycles. The van der Waals surface area contributed by atoms with Gasteiger partial charge in [-0.3, -0.25) is 0 Å². The molecule has 0 atom stereocenters. The van der Waals surface area contributed by atoms with Gasteiger partial charge < -0.3 is 15.4 Å². The van der Waals surface area contributed by atoms with Crippen molar-refractivity contribution in [2.75, 3.05) is 17.7 Å². The van der Waals surface area contributed by atoms with Gasteiger partial charge in [0.1, 0.15) is 0 Å². The fraction of sp³-hybridized carbons (Fsp3) is 0.200. The smallest absolute Gasteiger partial charge is 0.151 e. The maximum Gasteiger partial charge on any atom is 0.151 e. The van der Waals surface area contributed by atoms with Crippen LogP contribution >= 0.6 is 0 Å². The number of fused-ring (bicyclic) bond motifs is 1. The number of likely N-dealkylation sites (N-methyl/N-ethyl adjacent to an activating group) is 1. The van der Waals surface area contributed by atoms with E-state index >= 15 is 0 Å². The highest BCUT2D eigenvalue weighted by molar-refractivity contribution is 5.71. The number of nitrogens with zero attached hydrogens (tertiary/aromatic N) is 1. The summed E-state index contributed by atoms with van der Waals surface area (Å²) in [6, 6.07) is 5.54. The van der Waals surface area contributed by atoms with Crippen LogP contribution in [0, 0.1) is 0 Å². The molecule has 0 fully saturated rings. The highest BCUT2D eigenvalue weighted by Gasteiger charge is 2.20. The van der Waals surface area contributed by atoms with E-state index in [0.717, 1.165) is 17.1 Å². The predicted octanol–water partition coefficient (Wildman–Crippen LogP) is 3.71. The molecule has 0 aromatic heterocycles. The number of rotatable bonds is 2. The summed E-state index contributed by atoms with van der Waals surface area (Å²) in [5.41, 5.74) is 8.28. The molecule has 0 radical (unpaired) electrons. The molecule has 1 aliphatic rings. The Hall–Kier alpha value is -2.16. The molecule has 1 heterocycles. The average Bonchev–Trinajstić information content (AvgIpc) is 2.41. The minimum atomic E-state index is 0.703. The molecule has 1 aromatic rings. The monoisotopic (exact) mass is 244 g/mol. The maximum absolute atomic E-state index is 5.75. The second kappa shape index (κ2) is 5.96. The second-order valence-electron chi connectivity index (χ2n) is 3.55. The number of benzene rings is 1. The Morgan fingerprint density at radius 3 is 2.44 bits per heavy atom. The molecular weight excluding hydrogens is 224 g/mol. The lowest BCUT2D eigenvalue weighted by Gasteiger charge is -2.29. The third-order valence-electron chi connectivity index (χ3n) is 2.56. The zero-order chi connectivity index (χ0) is 13.7. The number of hydrogen-bond acceptors (Lipinski definition) is 3. The van der Waals surface area contributed by atoms with E-state index in [1.807, 2.05) is 44.0 Å². The molecule has 0 bridgehead atoms. The minimum absolute atomic E-state index is 0.703. The summed E-state index contributed by atoms with van der Waals surface area (Å²) in [5, 5.41) is 0. The van der Waals surface area contributed by atoms with Crippen molar-refractivity contribution >= 4 is 11.4 Å². The summed E-state index contributed by atoms with van der Waals surface area (Å²) in [5.74, 6) is 1.48. The SMILES string of the molecule is C=CC1=C(C=C)N(C)c2cc(N)ccc2O1.CC. The fourth-order valence-corrected chi connectivity index (χ4v) is 1.73. The molecule has 2 N–H and O–H groups in total. The van der Waals surface area contributed by atoms with Crippen molar-refractivity contribution in [3.05, 3.63) is 55.0 Å². The van der Waals surface area contributed by atoms with Gasteiger partial charge in [-0.1, -0.05) is 27.0 Å². The molecule has 1 aliphatic heterocycles. The van der Waals surface area contributed by atoms with Crippen LogP contribution in [0.25, 0.3) is 0 Å². The first-order valence-electron chi connectivity index (χ1n) is 5.97. The molecular formula is C15H20N2O. The molecule has 0 aliphatic carbocycles. The van der Waals surface area contributed by atoms with Gasteiger partial charge in [-0.15, -0.1) is 0 Å². The summed E-state index contributed by atoms with van der Waals surface area (Å²) in [6.45, 7) is 11.5. The molecule has 3 heteroatoms. The van der Waals surface area contributed by atoms with Gasteiger partial charge in [-0.05, 0) is 30.4 Å². The number of allylic oxidation sites excluding steroid dienone is 2. The molecule has 0 amide bonds. The first-order chi connectivity index (χ1) is 8.67. The van der Waals surface area contributed by atoms with Gasteiger partial charge in [0.2, 0.25) is 0 Å². The van der Waals surface area contributed by atoms with Crippen LogP contribution in [0.15, 0.2) is 55.0 Å². The lowest BCUT2D eigenvalue weighted by Crippen LogP contribution is -2.23. The number of ether oxygens (including phenoxy) is 1. The lowest BCUT2D eigenvalue weighted by atomic mass is 10.2. The molecule has 0 unspecified atom stereocenters. The van der Waals surface area contributed by atoms with E-state index in [0.29, 0.717) is 11.4 Å². The van der Waals surface area contributed by atoms with Crippen molar-refractivity contribution < 1.29 is 4.74 Å². The normalized spacial score (nSPS) is 12.9. The fourth-order valence-electron chi connectivity index (χ4n) is 1.73. The second-order valence-corrected chi connectivity index (χ2v) is 3.55. The zero-order valence-electron chi connectivity index (χ0n) is 11.2. The van der Waals surface area contributed by atoms with Crippen LogP contribution in [-0.4, -0.2) is 7.05 Å². The first-order valence-corrected chi connectivity index (χ1v) is 5.97. The van der Waals surface area contributed by atoms with Crippen LogP contribution in [-0.2, 0) is 0 Å². The van der Waals surface area contributed by atoms with Crippen molar-refractivity contribution in [2.24, 2.45) is 0 Å². The van der Waals surface area contributed by atoms with E-state index < -0.39 is 0 Å². The Labute approximate surface area is 109 Å². The topological polar surface area (TPSA) is 38.5 Å². The summed E-state index contributed by atoms with van der Waals surface area (Å²) < 4.78 is 5.70. The van der Waals surface area contributed by atoms with Gasteiger partial charge in [0.25, 0.3) is 0 Å². The number of hydrogen-bond donors (Lipinski definition) is 1. The van der Waals surface area contributed by atoms with Gasteiger partial charge in [-0.25, -0.2) is 0 Å². The molecule has 0 spiro atoms. The Morgan fingerprint density at radius 1 is 1.22 bits per heavy atom. The molecule has 0 saturated heterocycles. The van der Waals surface area contributed by atoms with Crippen LogP contribution in [0.4, 0.5) is 11.4 Å². The summed E-state index contributed by atoms with van der Waals surface area (Å²) in [4.78, 5) is 1.99. The predicted molar refractivity (Wildman–Crippen MR) is 78.7 cm³/mol. The summed E-state index contributed by atoms with van der Waals surface area (Å²) in [6.07, 6.45) is 3.41. The summed E-state index contributed by atoms with van der Waals surface area (Å²) >= 11 is 0. The Morgan fingerprint density at radius 2 is 1.89 bits per heavy atom. The van der Waals surface area contributed by atoms with Gasteiger partial charge >= 0.3 is 0 Å². The Kier molecular flexibility index (Phi) is 4.60. The molecule has 96 valence electrons. The number of nitrogen functional groups attached to an aromatic ring is 1. The van der Waals surface area contributed by atoms with Crippen molar-refractivity contribution in [2.45, 2.75) is 13.8 Å². The highest BCUT2D eigenvalue weighted by Crippen LogP contribution is 2.38. The number of nitrogens with two attached hydrogens (primary N) is 1. The van der Waals surface area contributed by atoms with Gasteiger partial charge in [0.05, 0.1) is 11.4 Å². The van der Waals surface area contributed by atoms with Crippen LogP contribution in [0.1, 0.15) is 13.8 Å². The van der Waals surface area contributed by atoms with Crippen molar-refractivity contribution in [3.63, 3.8) is 0 Å². The van der Waals surface area contributed by atoms with Gasteiger partial charge in [-0.2, -0.15) is 0 Å². The van der Waals surface area contributed by atoms with Crippen molar-refractivity contribution in [1.29, 1.82) is 0 Å². The Bertz CT molecular complexity index is 489. The zero-order valence-corrected chi connectivity index (χ0v) is 11.2. The molecule has 2 rings (SSSR count). The van der Waals surface area contributed by atoms with Crippen LogP contribution in [0.5, 0.6) is 5.75 Å². The largest absolute Gasteiger partial charge is 0.453 e. The Balaban J connectivity index is 0.000000771.